The van der Waals surface area contributed by atoms with Crippen molar-refractivity contribution in [2.24, 2.45) is 0 Å². The zero-order chi connectivity index (χ0) is 10.5. The summed E-state index contributed by atoms with van der Waals surface area (Å²) in [5.74, 6) is 6.19. The fourth-order valence-electron chi connectivity index (χ4n) is 1.25. The van der Waals surface area contributed by atoms with Gasteiger partial charge in [0.15, 0.2) is 5.01 Å². The van der Waals surface area contributed by atoms with Crippen LogP contribution in [-0.2, 0) is 0 Å². The van der Waals surface area contributed by atoms with E-state index in [0.717, 1.165) is 23.5 Å². The summed E-state index contributed by atoms with van der Waals surface area (Å²) in [5.41, 5.74) is 1.04. The summed E-state index contributed by atoms with van der Waals surface area (Å²) >= 11 is 1.65. The quantitative estimate of drug-likeness (QED) is 0.615. The first-order valence-corrected chi connectivity index (χ1v) is 5.71. The number of nitrogens with one attached hydrogen (secondary N) is 1. The van der Waals surface area contributed by atoms with Gasteiger partial charge in [0.25, 0.3) is 0 Å². The number of hydrogen-bond acceptors (Lipinski definition) is 3. The van der Waals surface area contributed by atoms with Gasteiger partial charge in [0.2, 0.25) is 0 Å². The number of rotatable bonds is 2. The van der Waals surface area contributed by atoms with Crippen molar-refractivity contribution in [3.05, 3.63) is 29.3 Å². The van der Waals surface area contributed by atoms with Crippen molar-refractivity contribution in [1.82, 2.24) is 10.3 Å². The van der Waals surface area contributed by atoms with Crippen LogP contribution >= 0.6 is 11.3 Å². The van der Waals surface area contributed by atoms with Crippen molar-refractivity contribution in [1.29, 1.82) is 0 Å². The van der Waals surface area contributed by atoms with Crippen LogP contribution in [0.25, 0.3) is 10.2 Å². The van der Waals surface area contributed by atoms with E-state index < -0.39 is 0 Å². The van der Waals surface area contributed by atoms with Crippen LogP contribution in [0, 0.1) is 11.8 Å². The van der Waals surface area contributed by atoms with Crippen LogP contribution in [0.1, 0.15) is 11.4 Å². The molecule has 0 aliphatic carbocycles. The van der Waals surface area contributed by atoms with Gasteiger partial charge in [-0.2, -0.15) is 0 Å². The fraction of sp³-hybridized carbons (Fsp3) is 0.250. The second-order valence-corrected chi connectivity index (χ2v) is 4.17. The first-order chi connectivity index (χ1) is 7.40. The molecule has 0 unspecified atom stereocenters. The predicted molar refractivity (Wildman–Crippen MR) is 65.0 cm³/mol. The van der Waals surface area contributed by atoms with Crippen molar-refractivity contribution in [2.75, 3.05) is 13.6 Å². The van der Waals surface area contributed by atoms with Gasteiger partial charge in [-0.1, -0.05) is 18.1 Å². The summed E-state index contributed by atoms with van der Waals surface area (Å²) in [7, 11) is 1.93. The van der Waals surface area contributed by atoms with Gasteiger partial charge in [-0.25, -0.2) is 4.98 Å². The smallest absolute Gasteiger partial charge is 0.168 e. The second-order valence-electron chi connectivity index (χ2n) is 3.14. The van der Waals surface area contributed by atoms with Crippen LogP contribution in [0.15, 0.2) is 24.3 Å². The van der Waals surface area contributed by atoms with E-state index in [1.54, 1.807) is 11.3 Å². The van der Waals surface area contributed by atoms with Gasteiger partial charge in [-0.15, -0.1) is 11.3 Å². The normalized spacial score (nSPS) is 9.93. The Morgan fingerprint density at radius 1 is 1.40 bits per heavy atom. The molecule has 3 heteroatoms. The lowest BCUT2D eigenvalue weighted by molar-refractivity contribution is 0.818. The first-order valence-electron chi connectivity index (χ1n) is 4.89. The van der Waals surface area contributed by atoms with Crippen LogP contribution in [0.3, 0.4) is 0 Å². The second kappa shape index (κ2) is 4.92. The average molecular weight is 216 g/mol. The molecular formula is C12H12N2S. The minimum Gasteiger partial charge on any atom is -0.319 e. The lowest BCUT2D eigenvalue weighted by atomic mass is 10.3. The highest BCUT2D eigenvalue weighted by Gasteiger charge is 1.98. The number of fused-ring (bicyclic) bond motifs is 1. The van der Waals surface area contributed by atoms with Crippen molar-refractivity contribution in [3.8, 4) is 11.8 Å². The molecule has 0 amide bonds. The molecular weight excluding hydrogens is 204 g/mol. The third-order valence-corrected chi connectivity index (χ3v) is 2.94. The zero-order valence-electron chi connectivity index (χ0n) is 8.58. The van der Waals surface area contributed by atoms with E-state index in [9.17, 15) is 0 Å². The number of para-hydroxylation sites is 1. The van der Waals surface area contributed by atoms with E-state index in [1.165, 1.54) is 4.70 Å². The van der Waals surface area contributed by atoms with E-state index in [0.29, 0.717) is 0 Å². The monoisotopic (exact) mass is 216 g/mol. The van der Waals surface area contributed by atoms with Gasteiger partial charge in [0, 0.05) is 13.0 Å². The minimum absolute atomic E-state index is 0.867. The van der Waals surface area contributed by atoms with Gasteiger partial charge in [0.1, 0.15) is 0 Å². The standard InChI is InChI=1S/C12H12N2S/c1-13-9-5-4-8-12-14-10-6-2-3-7-11(10)15-12/h2-3,6-7,13H,5,9H2,1H3. The summed E-state index contributed by atoms with van der Waals surface area (Å²) in [5, 5.41) is 3.97. The lowest BCUT2D eigenvalue weighted by Crippen LogP contribution is -2.05. The summed E-state index contributed by atoms with van der Waals surface area (Å²) in [6.07, 6.45) is 0.867. The Morgan fingerprint density at radius 2 is 2.27 bits per heavy atom. The molecule has 1 aromatic heterocycles. The van der Waals surface area contributed by atoms with Crippen molar-refractivity contribution < 1.29 is 0 Å². The summed E-state index contributed by atoms with van der Waals surface area (Å²) < 4.78 is 1.20. The van der Waals surface area contributed by atoms with Crippen molar-refractivity contribution >= 4 is 21.6 Å². The first kappa shape index (κ1) is 10.2. The van der Waals surface area contributed by atoms with Gasteiger partial charge in [0.05, 0.1) is 10.2 Å². The highest BCUT2D eigenvalue weighted by molar-refractivity contribution is 7.19. The maximum Gasteiger partial charge on any atom is 0.168 e. The van der Waals surface area contributed by atoms with Gasteiger partial charge in [-0.05, 0) is 25.1 Å². The molecule has 1 aromatic carbocycles. The van der Waals surface area contributed by atoms with E-state index in [2.05, 4.69) is 28.2 Å². The molecule has 2 aromatic rings. The van der Waals surface area contributed by atoms with Crippen LogP contribution in [0.2, 0.25) is 0 Å². The van der Waals surface area contributed by atoms with Crippen LogP contribution in [-0.4, -0.2) is 18.6 Å². The molecule has 0 aliphatic rings. The van der Waals surface area contributed by atoms with E-state index >= 15 is 0 Å². The largest absolute Gasteiger partial charge is 0.319 e. The maximum atomic E-state index is 4.43. The van der Waals surface area contributed by atoms with Crippen LogP contribution in [0.4, 0.5) is 0 Å². The number of thiazole rings is 1. The van der Waals surface area contributed by atoms with Gasteiger partial charge in [-0.3, -0.25) is 0 Å². The summed E-state index contributed by atoms with van der Waals surface area (Å²) in [4.78, 5) is 4.43. The molecule has 0 saturated carbocycles. The van der Waals surface area contributed by atoms with E-state index in [4.69, 9.17) is 0 Å². The highest BCUT2D eigenvalue weighted by Crippen LogP contribution is 2.20. The van der Waals surface area contributed by atoms with E-state index in [-0.39, 0.29) is 0 Å². The summed E-state index contributed by atoms with van der Waals surface area (Å²) in [6.45, 7) is 0.928. The molecule has 15 heavy (non-hydrogen) atoms. The maximum absolute atomic E-state index is 4.43. The number of benzene rings is 1. The summed E-state index contributed by atoms with van der Waals surface area (Å²) in [6, 6.07) is 8.12. The zero-order valence-corrected chi connectivity index (χ0v) is 9.40. The lowest BCUT2D eigenvalue weighted by Gasteiger charge is -1.86. The molecule has 0 bridgehead atoms. The highest BCUT2D eigenvalue weighted by atomic mass is 32.1. The molecule has 1 heterocycles. The number of aromatic nitrogens is 1. The Balaban J connectivity index is 2.17. The molecule has 76 valence electrons. The molecule has 0 spiro atoms. The van der Waals surface area contributed by atoms with Gasteiger partial charge < -0.3 is 5.32 Å². The average Bonchev–Trinajstić information content (AvgIpc) is 2.67. The Bertz CT molecular complexity index is 472. The third kappa shape index (κ3) is 2.56. The Hall–Kier alpha value is -1.37. The van der Waals surface area contributed by atoms with Gasteiger partial charge >= 0.3 is 0 Å². The molecule has 1 N–H and O–H groups in total. The number of nitrogens with zero attached hydrogens (tertiary/aromatic N) is 1. The molecule has 2 nitrogen and oxygen atoms in total. The molecule has 0 atom stereocenters. The van der Waals surface area contributed by atoms with E-state index in [1.807, 2.05) is 25.2 Å². The Kier molecular flexibility index (Phi) is 3.33. The minimum atomic E-state index is 0.867. The van der Waals surface area contributed by atoms with Crippen LogP contribution in [0.5, 0.6) is 0 Å². The SMILES string of the molecule is CNCCC#Cc1nc2ccccc2s1. The molecule has 0 radical (unpaired) electrons. The molecule has 2 rings (SSSR count). The molecule has 0 aliphatic heterocycles. The molecule has 0 saturated heterocycles. The Morgan fingerprint density at radius 3 is 3.07 bits per heavy atom. The topological polar surface area (TPSA) is 24.9 Å². The Labute approximate surface area is 93.3 Å². The number of hydrogen-bond donors (Lipinski definition) is 1. The fourth-order valence-corrected chi connectivity index (χ4v) is 2.09. The van der Waals surface area contributed by atoms with Crippen molar-refractivity contribution in [3.63, 3.8) is 0 Å². The predicted octanol–water partition coefficient (Wildman–Crippen LogP) is 2.26. The van der Waals surface area contributed by atoms with Crippen molar-refractivity contribution in [2.45, 2.75) is 6.42 Å². The molecule has 0 fully saturated rings. The third-order valence-electron chi connectivity index (χ3n) is 1.99. The van der Waals surface area contributed by atoms with Crippen LogP contribution < -0.4 is 5.32 Å².